The zero-order valence-corrected chi connectivity index (χ0v) is 11.3. The van der Waals surface area contributed by atoms with Crippen LogP contribution < -0.4 is 10.1 Å². The third kappa shape index (κ3) is 3.62. The van der Waals surface area contributed by atoms with E-state index in [1.165, 1.54) is 0 Å². The van der Waals surface area contributed by atoms with Gasteiger partial charge in [0.05, 0.1) is 12.6 Å². The molecule has 1 aromatic carbocycles. The lowest BCUT2D eigenvalue weighted by atomic mass is 9.93. The number of carbonyl (C=O) groups excluding carboxylic acids is 1. The summed E-state index contributed by atoms with van der Waals surface area (Å²) in [5.41, 5.74) is 0.518. The highest BCUT2D eigenvalue weighted by Crippen LogP contribution is 2.29. The summed E-state index contributed by atoms with van der Waals surface area (Å²) in [6, 6.07) is 7.72. The van der Waals surface area contributed by atoms with Gasteiger partial charge in [-0.1, -0.05) is 24.3 Å². The number of methoxy groups -OCH3 is 1. The fraction of sp³-hybridized carbons (Fsp3) is 0.400. The van der Waals surface area contributed by atoms with Crippen molar-refractivity contribution in [2.24, 2.45) is 0 Å². The van der Waals surface area contributed by atoms with Gasteiger partial charge in [0.15, 0.2) is 0 Å². The first-order chi connectivity index (χ1) is 8.51. The topological polar surface area (TPSA) is 38.3 Å². The molecule has 0 aliphatic carbocycles. The molecule has 1 aromatic rings. The molecule has 0 bridgehead atoms. The smallest absolute Gasteiger partial charge is 0.220 e. The third-order valence-electron chi connectivity index (χ3n) is 2.81. The van der Waals surface area contributed by atoms with E-state index in [1.54, 1.807) is 13.2 Å². The van der Waals surface area contributed by atoms with Crippen molar-refractivity contribution in [3.8, 4) is 5.75 Å². The van der Waals surface area contributed by atoms with Crippen molar-refractivity contribution in [3.63, 3.8) is 0 Å². The SMILES string of the molecule is C=CCCC(=O)NC(C)(C)c1ccccc1OC. The van der Waals surface area contributed by atoms with Crippen molar-refractivity contribution < 1.29 is 9.53 Å². The molecule has 0 radical (unpaired) electrons. The number of carbonyl (C=O) groups is 1. The van der Waals surface area contributed by atoms with Crippen molar-refractivity contribution in [1.29, 1.82) is 0 Å². The molecule has 3 heteroatoms. The highest BCUT2D eigenvalue weighted by Gasteiger charge is 2.25. The molecule has 98 valence electrons. The van der Waals surface area contributed by atoms with Crippen molar-refractivity contribution in [3.05, 3.63) is 42.5 Å². The van der Waals surface area contributed by atoms with E-state index in [9.17, 15) is 4.79 Å². The van der Waals surface area contributed by atoms with Crippen LogP contribution in [-0.4, -0.2) is 13.0 Å². The molecule has 3 nitrogen and oxygen atoms in total. The summed E-state index contributed by atoms with van der Waals surface area (Å²) in [5.74, 6) is 0.803. The Balaban J connectivity index is 2.84. The molecule has 0 aromatic heterocycles. The monoisotopic (exact) mass is 247 g/mol. The first-order valence-electron chi connectivity index (χ1n) is 6.06. The van der Waals surface area contributed by atoms with Gasteiger partial charge < -0.3 is 10.1 Å². The van der Waals surface area contributed by atoms with Gasteiger partial charge in [0.1, 0.15) is 5.75 Å². The third-order valence-corrected chi connectivity index (χ3v) is 2.81. The Bertz CT molecular complexity index is 424. The van der Waals surface area contributed by atoms with Crippen LogP contribution in [0.3, 0.4) is 0 Å². The molecular formula is C15H21NO2. The Morgan fingerprint density at radius 3 is 2.72 bits per heavy atom. The number of para-hydroxylation sites is 1. The van der Waals surface area contributed by atoms with E-state index in [2.05, 4.69) is 11.9 Å². The lowest BCUT2D eigenvalue weighted by Gasteiger charge is -2.28. The summed E-state index contributed by atoms with van der Waals surface area (Å²) in [6.07, 6.45) is 2.89. The van der Waals surface area contributed by atoms with Crippen LogP contribution in [0.4, 0.5) is 0 Å². The lowest BCUT2D eigenvalue weighted by Crippen LogP contribution is -2.41. The van der Waals surface area contributed by atoms with Crippen LogP contribution in [0.5, 0.6) is 5.75 Å². The second kappa shape index (κ2) is 6.24. The second-order valence-electron chi connectivity index (χ2n) is 4.70. The fourth-order valence-electron chi connectivity index (χ4n) is 1.87. The van der Waals surface area contributed by atoms with Gasteiger partial charge in [-0.3, -0.25) is 4.79 Å². The van der Waals surface area contributed by atoms with Gasteiger partial charge in [-0.15, -0.1) is 6.58 Å². The van der Waals surface area contributed by atoms with Crippen LogP contribution in [0.1, 0.15) is 32.3 Å². The van der Waals surface area contributed by atoms with E-state index in [-0.39, 0.29) is 5.91 Å². The van der Waals surface area contributed by atoms with Crippen LogP contribution in [0.2, 0.25) is 0 Å². The lowest BCUT2D eigenvalue weighted by molar-refractivity contribution is -0.122. The minimum absolute atomic E-state index is 0.0193. The average Bonchev–Trinajstić information content (AvgIpc) is 2.35. The molecule has 0 saturated carbocycles. The summed E-state index contributed by atoms with van der Waals surface area (Å²) in [5, 5.41) is 3.02. The van der Waals surface area contributed by atoms with E-state index in [0.29, 0.717) is 12.8 Å². The Morgan fingerprint density at radius 2 is 2.11 bits per heavy atom. The summed E-state index contributed by atoms with van der Waals surface area (Å²) in [4.78, 5) is 11.8. The first kappa shape index (κ1) is 14.3. The predicted molar refractivity (Wildman–Crippen MR) is 73.6 cm³/mol. The Labute approximate surface area is 109 Å². The first-order valence-corrected chi connectivity index (χ1v) is 6.06. The molecule has 0 saturated heterocycles. The van der Waals surface area contributed by atoms with Crippen molar-refractivity contribution in [2.45, 2.75) is 32.2 Å². The van der Waals surface area contributed by atoms with E-state index >= 15 is 0 Å². The number of benzene rings is 1. The number of rotatable bonds is 6. The van der Waals surface area contributed by atoms with Crippen LogP contribution in [0, 0.1) is 0 Å². The number of nitrogens with one attached hydrogen (secondary N) is 1. The summed E-state index contributed by atoms with van der Waals surface area (Å²) >= 11 is 0. The molecule has 0 atom stereocenters. The maximum absolute atomic E-state index is 11.8. The molecular weight excluding hydrogens is 226 g/mol. The Kier molecular flexibility index (Phi) is 4.95. The molecule has 0 spiro atoms. The zero-order chi connectivity index (χ0) is 13.6. The van der Waals surface area contributed by atoms with E-state index in [0.717, 1.165) is 11.3 Å². The average molecular weight is 247 g/mol. The van der Waals surface area contributed by atoms with Crippen molar-refractivity contribution >= 4 is 5.91 Å². The highest BCUT2D eigenvalue weighted by molar-refractivity contribution is 5.77. The molecule has 18 heavy (non-hydrogen) atoms. The summed E-state index contributed by atoms with van der Waals surface area (Å²) in [6.45, 7) is 7.55. The predicted octanol–water partition coefficient (Wildman–Crippen LogP) is 3.01. The van der Waals surface area contributed by atoms with Crippen LogP contribution in [-0.2, 0) is 10.3 Å². The normalized spacial score (nSPS) is 10.8. The van der Waals surface area contributed by atoms with Gasteiger partial charge in [-0.2, -0.15) is 0 Å². The Hall–Kier alpha value is -1.77. The number of hydrogen-bond acceptors (Lipinski definition) is 2. The minimum atomic E-state index is -0.454. The quantitative estimate of drug-likeness (QED) is 0.785. The molecule has 0 fully saturated rings. The molecule has 1 N–H and O–H groups in total. The standard InChI is InChI=1S/C15H21NO2/c1-5-6-11-14(17)16-15(2,3)12-9-7-8-10-13(12)18-4/h5,7-10H,1,6,11H2,2-4H3,(H,16,17). The van der Waals surface area contributed by atoms with Crippen molar-refractivity contribution in [1.82, 2.24) is 5.32 Å². The van der Waals surface area contributed by atoms with Gasteiger partial charge >= 0.3 is 0 Å². The number of ether oxygens (including phenoxy) is 1. The summed E-state index contributed by atoms with van der Waals surface area (Å²) in [7, 11) is 1.63. The van der Waals surface area contributed by atoms with Crippen LogP contribution in [0.15, 0.2) is 36.9 Å². The number of amides is 1. The van der Waals surface area contributed by atoms with Gasteiger partial charge in [0, 0.05) is 12.0 Å². The Morgan fingerprint density at radius 1 is 1.44 bits per heavy atom. The largest absolute Gasteiger partial charge is 0.496 e. The van der Waals surface area contributed by atoms with Gasteiger partial charge in [0.2, 0.25) is 5.91 Å². The molecule has 0 aliphatic rings. The van der Waals surface area contributed by atoms with Crippen molar-refractivity contribution in [2.75, 3.05) is 7.11 Å². The van der Waals surface area contributed by atoms with E-state index < -0.39 is 5.54 Å². The fourth-order valence-corrected chi connectivity index (χ4v) is 1.87. The summed E-state index contributed by atoms with van der Waals surface area (Å²) < 4.78 is 5.33. The minimum Gasteiger partial charge on any atom is -0.496 e. The van der Waals surface area contributed by atoms with E-state index in [1.807, 2.05) is 38.1 Å². The molecule has 1 amide bonds. The highest BCUT2D eigenvalue weighted by atomic mass is 16.5. The van der Waals surface area contributed by atoms with Gasteiger partial charge in [-0.05, 0) is 26.3 Å². The van der Waals surface area contributed by atoms with Crippen LogP contribution in [0.25, 0.3) is 0 Å². The maximum Gasteiger partial charge on any atom is 0.220 e. The van der Waals surface area contributed by atoms with Crippen LogP contribution >= 0.6 is 0 Å². The maximum atomic E-state index is 11.8. The molecule has 0 aliphatic heterocycles. The molecule has 1 rings (SSSR count). The second-order valence-corrected chi connectivity index (χ2v) is 4.70. The van der Waals surface area contributed by atoms with Gasteiger partial charge in [0.25, 0.3) is 0 Å². The number of allylic oxidation sites excluding steroid dienone is 1. The molecule has 0 heterocycles. The number of hydrogen-bond donors (Lipinski definition) is 1. The zero-order valence-electron chi connectivity index (χ0n) is 11.3. The van der Waals surface area contributed by atoms with Gasteiger partial charge in [-0.25, -0.2) is 0 Å². The van der Waals surface area contributed by atoms with E-state index in [4.69, 9.17) is 4.74 Å². The molecule has 0 unspecified atom stereocenters.